The third-order valence-electron chi connectivity index (χ3n) is 3.93. The van der Waals surface area contributed by atoms with Crippen molar-refractivity contribution in [3.63, 3.8) is 0 Å². The Labute approximate surface area is 124 Å². The van der Waals surface area contributed by atoms with Crippen LogP contribution in [0.4, 0.5) is 4.79 Å². The smallest absolute Gasteiger partial charge is 0.354 e. The third kappa shape index (κ3) is 4.18. The van der Waals surface area contributed by atoms with Crippen LogP contribution in [0.2, 0.25) is 0 Å². The third-order valence-corrected chi connectivity index (χ3v) is 3.93. The van der Waals surface area contributed by atoms with Crippen molar-refractivity contribution in [3.05, 3.63) is 29.6 Å². The number of carboxylic acids is 1. The molecule has 2 rings (SSSR count). The number of rotatable bonds is 4. The Hall–Kier alpha value is -2.11. The van der Waals surface area contributed by atoms with Crippen LogP contribution in [-0.2, 0) is 6.54 Å². The maximum atomic E-state index is 12.1. The van der Waals surface area contributed by atoms with Crippen molar-refractivity contribution < 1.29 is 14.7 Å². The van der Waals surface area contributed by atoms with Gasteiger partial charge in [0, 0.05) is 25.8 Å². The number of nitrogens with one attached hydrogen (secondary N) is 1. The second kappa shape index (κ2) is 7.06. The van der Waals surface area contributed by atoms with Crippen molar-refractivity contribution in [2.45, 2.75) is 44.7 Å². The van der Waals surface area contributed by atoms with Crippen LogP contribution < -0.4 is 5.32 Å². The Morgan fingerprint density at radius 1 is 1.33 bits per heavy atom. The second-order valence-electron chi connectivity index (χ2n) is 5.42. The van der Waals surface area contributed by atoms with Gasteiger partial charge in [0.2, 0.25) is 0 Å². The normalized spacial score (nSPS) is 15.5. The lowest BCUT2D eigenvalue weighted by atomic mass is 9.95. The zero-order valence-electron chi connectivity index (χ0n) is 12.2. The summed E-state index contributed by atoms with van der Waals surface area (Å²) in [5.74, 6) is -1.05. The van der Waals surface area contributed by atoms with E-state index in [4.69, 9.17) is 5.11 Å². The van der Waals surface area contributed by atoms with E-state index in [2.05, 4.69) is 10.3 Å². The van der Waals surface area contributed by atoms with E-state index in [-0.39, 0.29) is 11.7 Å². The molecule has 1 heterocycles. The Bertz CT molecular complexity index is 495. The summed E-state index contributed by atoms with van der Waals surface area (Å²) in [5, 5.41) is 11.6. The van der Waals surface area contributed by atoms with Gasteiger partial charge in [-0.15, -0.1) is 0 Å². The Balaban J connectivity index is 1.83. The van der Waals surface area contributed by atoms with Gasteiger partial charge in [-0.1, -0.05) is 25.3 Å². The molecule has 2 amide bonds. The average molecular weight is 291 g/mol. The molecule has 21 heavy (non-hydrogen) atoms. The predicted molar refractivity (Wildman–Crippen MR) is 78.1 cm³/mol. The van der Waals surface area contributed by atoms with Crippen LogP contribution in [-0.4, -0.2) is 40.1 Å². The number of amides is 2. The molecule has 1 aliphatic rings. The van der Waals surface area contributed by atoms with Gasteiger partial charge in [0.25, 0.3) is 0 Å². The molecule has 1 fully saturated rings. The van der Waals surface area contributed by atoms with Gasteiger partial charge in [0.15, 0.2) is 0 Å². The molecule has 0 spiro atoms. The van der Waals surface area contributed by atoms with Gasteiger partial charge in [-0.05, 0) is 24.5 Å². The molecule has 2 N–H and O–H groups in total. The van der Waals surface area contributed by atoms with Crippen LogP contribution in [0.3, 0.4) is 0 Å². The van der Waals surface area contributed by atoms with Crippen molar-refractivity contribution in [1.82, 2.24) is 15.2 Å². The van der Waals surface area contributed by atoms with E-state index in [1.54, 1.807) is 11.0 Å². The number of pyridine rings is 1. The Kier molecular flexibility index (Phi) is 5.14. The highest BCUT2D eigenvalue weighted by Crippen LogP contribution is 2.21. The number of nitrogens with zero attached hydrogens (tertiary/aromatic N) is 2. The van der Waals surface area contributed by atoms with Crippen LogP contribution in [0, 0.1) is 0 Å². The first-order valence-corrected chi connectivity index (χ1v) is 7.27. The van der Waals surface area contributed by atoms with Crippen molar-refractivity contribution in [1.29, 1.82) is 0 Å². The van der Waals surface area contributed by atoms with Gasteiger partial charge in [0.05, 0.1) is 0 Å². The number of aromatic carboxylic acids is 1. The molecule has 0 saturated heterocycles. The highest BCUT2D eigenvalue weighted by Gasteiger charge is 2.21. The minimum Gasteiger partial charge on any atom is -0.477 e. The van der Waals surface area contributed by atoms with Crippen LogP contribution in [0.5, 0.6) is 0 Å². The number of hydrogen-bond donors (Lipinski definition) is 2. The molecule has 0 bridgehead atoms. The first kappa shape index (κ1) is 15.3. The topological polar surface area (TPSA) is 82.5 Å². The summed E-state index contributed by atoms with van der Waals surface area (Å²) in [5.41, 5.74) is 0.787. The minimum atomic E-state index is -1.05. The molecular formula is C15H21N3O3. The zero-order chi connectivity index (χ0) is 15.2. The van der Waals surface area contributed by atoms with Crippen molar-refractivity contribution in [3.8, 4) is 0 Å². The van der Waals surface area contributed by atoms with E-state index in [0.717, 1.165) is 18.4 Å². The number of carbonyl (C=O) groups excluding carboxylic acids is 1. The molecule has 0 atom stereocenters. The molecule has 1 aromatic heterocycles. The number of hydrogen-bond acceptors (Lipinski definition) is 3. The second-order valence-corrected chi connectivity index (χ2v) is 5.42. The minimum absolute atomic E-state index is 0.00407. The molecule has 0 aliphatic heterocycles. The molecular weight excluding hydrogens is 270 g/mol. The summed E-state index contributed by atoms with van der Waals surface area (Å²) in [7, 11) is 1.83. The molecule has 6 heteroatoms. The fraction of sp³-hybridized carbons (Fsp3) is 0.533. The molecule has 1 saturated carbocycles. The summed E-state index contributed by atoms with van der Waals surface area (Å²) in [4.78, 5) is 28.4. The van der Waals surface area contributed by atoms with Crippen LogP contribution in [0.25, 0.3) is 0 Å². The Morgan fingerprint density at radius 3 is 2.62 bits per heavy atom. The molecule has 1 aliphatic carbocycles. The number of carboxylic acid groups (broad SMARTS) is 1. The monoisotopic (exact) mass is 291 g/mol. The van der Waals surface area contributed by atoms with E-state index in [0.29, 0.717) is 12.6 Å². The molecule has 0 unspecified atom stereocenters. The maximum absolute atomic E-state index is 12.1. The largest absolute Gasteiger partial charge is 0.477 e. The van der Waals surface area contributed by atoms with Crippen molar-refractivity contribution in [2.75, 3.05) is 7.05 Å². The molecule has 6 nitrogen and oxygen atoms in total. The lowest BCUT2D eigenvalue weighted by Gasteiger charge is -2.31. The van der Waals surface area contributed by atoms with Crippen LogP contribution in [0.15, 0.2) is 18.3 Å². The van der Waals surface area contributed by atoms with E-state index in [9.17, 15) is 9.59 Å². The van der Waals surface area contributed by atoms with E-state index >= 15 is 0 Å². The SMILES string of the molecule is CN(C(=O)NCc1ccc(C(=O)O)nc1)C1CCCCC1. The number of aromatic nitrogens is 1. The summed E-state index contributed by atoms with van der Waals surface area (Å²) in [6, 6.07) is 3.34. The van der Waals surface area contributed by atoms with Gasteiger partial charge < -0.3 is 15.3 Å². The summed E-state index contributed by atoms with van der Waals surface area (Å²) < 4.78 is 0. The quantitative estimate of drug-likeness (QED) is 0.891. The van der Waals surface area contributed by atoms with Gasteiger partial charge in [-0.3, -0.25) is 0 Å². The number of carbonyl (C=O) groups is 2. The first-order valence-electron chi connectivity index (χ1n) is 7.27. The average Bonchev–Trinajstić information content (AvgIpc) is 2.53. The summed E-state index contributed by atoms with van der Waals surface area (Å²) in [6.07, 6.45) is 7.24. The van der Waals surface area contributed by atoms with Gasteiger partial charge in [-0.2, -0.15) is 0 Å². The lowest BCUT2D eigenvalue weighted by molar-refractivity contribution is 0.0690. The van der Waals surface area contributed by atoms with E-state index in [1.807, 2.05) is 7.05 Å². The van der Waals surface area contributed by atoms with Crippen molar-refractivity contribution >= 4 is 12.0 Å². The van der Waals surface area contributed by atoms with E-state index in [1.165, 1.54) is 31.5 Å². The summed E-state index contributed by atoms with van der Waals surface area (Å²) in [6.45, 7) is 0.350. The standard InChI is InChI=1S/C15H21N3O3/c1-18(12-5-3-2-4-6-12)15(21)17-10-11-7-8-13(14(19)20)16-9-11/h7-9,12H,2-6,10H2,1H3,(H,17,21)(H,19,20). The highest BCUT2D eigenvalue weighted by atomic mass is 16.4. The summed E-state index contributed by atoms with van der Waals surface area (Å²) >= 11 is 0. The predicted octanol–water partition coefficient (Wildman–Crippen LogP) is 2.25. The fourth-order valence-corrected chi connectivity index (χ4v) is 2.59. The van der Waals surface area contributed by atoms with Gasteiger partial charge >= 0.3 is 12.0 Å². The first-order chi connectivity index (χ1) is 10.1. The molecule has 0 radical (unpaired) electrons. The van der Waals surface area contributed by atoms with Gasteiger partial charge in [-0.25, -0.2) is 14.6 Å². The zero-order valence-corrected chi connectivity index (χ0v) is 12.2. The van der Waals surface area contributed by atoms with Crippen molar-refractivity contribution in [2.24, 2.45) is 0 Å². The van der Waals surface area contributed by atoms with E-state index < -0.39 is 5.97 Å². The maximum Gasteiger partial charge on any atom is 0.354 e. The molecule has 0 aromatic carbocycles. The van der Waals surface area contributed by atoms with Gasteiger partial charge in [0.1, 0.15) is 5.69 Å². The Morgan fingerprint density at radius 2 is 2.05 bits per heavy atom. The van der Waals surface area contributed by atoms with Crippen LogP contribution in [0.1, 0.15) is 48.2 Å². The molecule has 1 aromatic rings. The highest BCUT2D eigenvalue weighted by molar-refractivity contribution is 5.85. The lowest BCUT2D eigenvalue weighted by Crippen LogP contribution is -2.44. The number of urea groups is 1. The molecule has 114 valence electrons. The van der Waals surface area contributed by atoms with Crippen LogP contribution >= 0.6 is 0 Å². The fourth-order valence-electron chi connectivity index (χ4n) is 2.59.